The predicted octanol–water partition coefficient (Wildman–Crippen LogP) is 4.26. The first kappa shape index (κ1) is 21.6. The number of hydrogen-bond donors (Lipinski definition) is 0. The van der Waals surface area contributed by atoms with Gasteiger partial charge in [-0.15, -0.1) is 0 Å². The third kappa shape index (κ3) is 7.42. The van der Waals surface area contributed by atoms with Crippen LogP contribution < -0.4 is 0 Å². The smallest absolute Gasteiger partial charge is 0.366 e. The predicted molar refractivity (Wildman–Crippen MR) is 107 cm³/mol. The first-order chi connectivity index (χ1) is 12.8. The van der Waals surface area contributed by atoms with Crippen LogP contribution in [0, 0.1) is 0 Å². The number of benzene rings is 2. The molecule has 0 heterocycles. The normalized spacial score (nSPS) is 11.9. The number of thioether (sulfide) groups is 1. The molecule has 2 aromatic rings. The van der Waals surface area contributed by atoms with Gasteiger partial charge in [0.05, 0.1) is 7.11 Å². The van der Waals surface area contributed by atoms with Gasteiger partial charge in [-0.1, -0.05) is 64.4 Å². The van der Waals surface area contributed by atoms with Crippen LogP contribution in [-0.2, 0) is 35.4 Å². The topological polar surface area (TPSA) is 82.0 Å². The van der Waals surface area contributed by atoms with Crippen molar-refractivity contribution < 1.29 is 22.2 Å². The van der Waals surface area contributed by atoms with Gasteiger partial charge in [-0.2, -0.15) is 8.42 Å². The fourth-order valence-electron chi connectivity index (χ4n) is 1.84. The molecular weight excluding hydrogens is 433 g/mol. The van der Waals surface area contributed by atoms with Crippen molar-refractivity contribution >= 4 is 56.1 Å². The molecule has 27 heavy (non-hydrogen) atoms. The zero-order chi connectivity index (χ0) is 19.9. The summed E-state index contributed by atoms with van der Waals surface area (Å²) >= 11 is 12.6. The highest BCUT2D eigenvalue weighted by molar-refractivity contribution is 8.15. The van der Waals surface area contributed by atoms with E-state index in [0.717, 1.165) is 17.3 Å². The largest absolute Gasteiger partial charge is 0.464 e. The van der Waals surface area contributed by atoms with Gasteiger partial charge in [-0.3, -0.25) is 4.28 Å². The molecule has 0 unspecified atom stereocenters. The summed E-state index contributed by atoms with van der Waals surface area (Å²) in [6.07, 6.45) is 0. The molecule has 0 fully saturated rings. The van der Waals surface area contributed by atoms with E-state index in [1.54, 1.807) is 48.5 Å². The number of carbonyl (C=O) groups is 1. The maximum absolute atomic E-state index is 12.1. The van der Waals surface area contributed by atoms with E-state index in [1.807, 2.05) is 0 Å². The van der Waals surface area contributed by atoms with Gasteiger partial charge >= 0.3 is 16.1 Å². The van der Waals surface area contributed by atoms with Gasteiger partial charge in [0.1, 0.15) is 5.75 Å². The van der Waals surface area contributed by atoms with Crippen molar-refractivity contribution in [1.29, 1.82) is 0 Å². The summed E-state index contributed by atoms with van der Waals surface area (Å²) in [6, 6.07) is 13.2. The van der Waals surface area contributed by atoms with Gasteiger partial charge in [0.15, 0.2) is 0 Å². The van der Waals surface area contributed by atoms with Gasteiger partial charge in [-0.25, -0.2) is 4.79 Å². The van der Waals surface area contributed by atoms with Crippen molar-refractivity contribution in [3.8, 4) is 0 Å². The molecule has 0 aliphatic heterocycles. The van der Waals surface area contributed by atoms with Crippen LogP contribution in [0.2, 0.25) is 10.0 Å². The van der Waals surface area contributed by atoms with Gasteiger partial charge in [0.2, 0.25) is 5.04 Å². The Balaban J connectivity index is 2.05. The van der Waals surface area contributed by atoms with E-state index in [4.69, 9.17) is 23.2 Å². The van der Waals surface area contributed by atoms with Crippen LogP contribution in [0.15, 0.2) is 53.7 Å². The Morgan fingerprint density at radius 1 is 1.00 bits per heavy atom. The van der Waals surface area contributed by atoms with Crippen LogP contribution in [0.4, 0.5) is 0 Å². The molecule has 0 aliphatic rings. The molecule has 0 N–H and O–H groups in total. The van der Waals surface area contributed by atoms with Crippen molar-refractivity contribution in [2.24, 2.45) is 5.16 Å². The van der Waals surface area contributed by atoms with E-state index in [0.29, 0.717) is 21.4 Å². The van der Waals surface area contributed by atoms with Crippen LogP contribution in [0.5, 0.6) is 0 Å². The SMILES string of the molecule is COC(=O)/C(=N/OS(=O)(=O)Cc1ccc(Cl)cc1)SCc1ccc(Cl)cc1. The molecule has 0 spiro atoms. The quantitative estimate of drug-likeness (QED) is 0.284. The Kier molecular flexibility index (Phi) is 7.97. The van der Waals surface area contributed by atoms with E-state index in [1.165, 1.54) is 7.11 Å². The number of oxime groups is 1. The van der Waals surface area contributed by atoms with E-state index in [-0.39, 0.29) is 5.04 Å². The molecule has 0 atom stereocenters. The van der Waals surface area contributed by atoms with Crippen molar-refractivity contribution in [3.63, 3.8) is 0 Å². The minimum Gasteiger partial charge on any atom is -0.464 e. The molecule has 2 rings (SSSR count). The lowest BCUT2D eigenvalue weighted by atomic mass is 10.2. The Morgan fingerprint density at radius 3 is 2.04 bits per heavy atom. The Hall–Kier alpha value is -1.74. The number of halogens is 2. The lowest BCUT2D eigenvalue weighted by Crippen LogP contribution is -2.15. The monoisotopic (exact) mass is 447 g/mol. The minimum absolute atomic E-state index is 0.216. The Bertz CT molecular complexity index is 913. The van der Waals surface area contributed by atoms with Crippen molar-refractivity contribution in [2.75, 3.05) is 7.11 Å². The van der Waals surface area contributed by atoms with Crippen molar-refractivity contribution in [3.05, 3.63) is 69.7 Å². The molecular formula is C17H15Cl2NO5S2. The highest BCUT2D eigenvalue weighted by Gasteiger charge is 2.18. The summed E-state index contributed by atoms with van der Waals surface area (Å²) in [6.45, 7) is 0. The third-order valence-electron chi connectivity index (χ3n) is 3.14. The number of ether oxygens (including phenoxy) is 1. The third-order valence-corrected chi connectivity index (χ3v) is 5.62. The number of nitrogens with zero attached hydrogens (tertiary/aromatic N) is 1. The molecule has 10 heteroatoms. The van der Waals surface area contributed by atoms with E-state index >= 15 is 0 Å². The molecule has 0 saturated carbocycles. The molecule has 6 nitrogen and oxygen atoms in total. The zero-order valence-electron chi connectivity index (χ0n) is 14.1. The highest BCUT2D eigenvalue weighted by atomic mass is 35.5. The molecule has 144 valence electrons. The molecule has 2 aromatic carbocycles. The lowest BCUT2D eigenvalue weighted by Gasteiger charge is -2.06. The highest BCUT2D eigenvalue weighted by Crippen LogP contribution is 2.19. The molecule has 0 aliphatic carbocycles. The summed E-state index contributed by atoms with van der Waals surface area (Å²) in [5, 5.41) is 4.33. The van der Waals surface area contributed by atoms with Crippen LogP contribution in [-0.4, -0.2) is 26.5 Å². The fourth-order valence-corrected chi connectivity index (χ4v) is 3.77. The number of esters is 1. The summed E-state index contributed by atoms with van der Waals surface area (Å²) in [7, 11) is -2.87. The first-order valence-electron chi connectivity index (χ1n) is 7.48. The molecule has 0 amide bonds. The Morgan fingerprint density at radius 2 is 1.52 bits per heavy atom. The number of hydrogen-bond acceptors (Lipinski definition) is 7. The summed E-state index contributed by atoms with van der Waals surface area (Å²) < 4.78 is 33.4. The molecule has 0 bridgehead atoms. The van der Waals surface area contributed by atoms with Crippen LogP contribution >= 0.6 is 35.0 Å². The van der Waals surface area contributed by atoms with E-state index in [9.17, 15) is 13.2 Å². The summed E-state index contributed by atoms with van der Waals surface area (Å²) in [4.78, 5) is 11.8. The second-order valence-electron chi connectivity index (χ2n) is 5.21. The van der Waals surface area contributed by atoms with Gasteiger partial charge in [-0.05, 0) is 35.4 Å². The number of methoxy groups -OCH3 is 1. The molecule has 0 radical (unpaired) electrons. The standard InChI is InChI=1S/C17H15Cl2NO5S2/c1-24-17(21)16(26-10-12-2-6-14(18)7-3-12)20-25-27(22,23)11-13-4-8-15(19)9-5-13/h2-9H,10-11H2,1H3/b20-16-. The van der Waals surface area contributed by atoms with Crippen LogP contribution in [0.3, 0.4) is 0 Å². The number of carbonyl (C=O) groups excluding carboxylic acids is 1. The second-order valence-corrected chi connectivity index (χ2v) is 8.60. The number of rotatable bonds is 6. The van der Waals surface area contributed by atoms with Crippen LogP contribution in [0.25, 0.3) is 0 Å². The van der Waals surface area contributed by atoms with Gasteiger partial charge < -0.3 is 4.74 Å². The molecule has 0 saturated heterocycles. The average molecular weight is 448 g/mol. The first-order valence-corrected chi connectivity index (χ1v) is 10.8. The van der Waals surface area contributed by atoms with Crippen LogP contribution in [0.1, 0.15) is 11.1 Å². The Labute approximate surface area is 171 Å². The van der Waals surface area contributed by atoms with Gasteiger partial charge in [0, 0.05) is 15.8 Å². The van der Waals surface area contributed by atoms with Crippen molar-refractivity contribution in [2.45, 2.75) is 11.5 Å². The maximum Gasteiger partial charge on any atom is 0.366 e. The minimum atomic E-state index is -4.04. The summed E-state index contributed by atoms with van der Waals surface area (Å²) in [5.41, 5.74) is 1.34. The fraction of sp³-hybridized carbons (Fsp3) is 0.176. The second kappa shape index (κ2) is 9.98. The zero-order valence-corrected chi connectivity index (χ0v) is 17.2. The maximum atomic E-state index is 12.1. The average Bonchev–Trinajstić information content (AvgIpc) is 2.64. The molecule has 0 aromatic heterocycles. The van der Waals surface area contributed by atoms with Gasteiger partial charge in [0.25, 0.3) is 0 Å². The summed E-state index contributed by atoms with van der Waals surface area (Å²) in [5.74, 6) is -0.856. The van der Waals surface area contributed by atoms with E-state index in [2.05, 4.69) is 14.2 Å². The van der Waals surface area contributed by atoms with Crippen molar-refractivity contribution in [1.82, 2.24) is 0 Å². The lowest BCUT2D eigenvalue weighted by molar-refractivity contribution is -0.132. The van der Waals surface area contributed by atoms with E-state index < -0.39 is 21.8 Å².